The van der Waals surface area contributed by atoms with E-state index >= 15 is 0 Å². The SMILES string of the molecule is O=Cc1ccc(-n2c3ccccc3c3cc(N(c4ccc(-c5ccc(-c6ccc(-c7ccccc7)cc6)cc5)cc4)c4ccc5c(c4)c4ccccc4n5-c4ccc(C=O)cc4)ccc32)cc1. The van der Waals surface area contributed by atoms with E-state index in [0.717, 1.165) is 95.7 Å². The topological polar surface area (TPSA) is 47.2 Å². The number of hydrogen-bond acceptors (Lipinski definition) is 3. The lowest BCUT2D eigenvalue weighted by Gasteiger charge is -2.26. The first-order chi connectivity index (χ1) is 33.1. The Morgan fingerprint density at radius 3 is 1.01 bits per heavy atom. The van der Waals surface area contributed by atoms with Gasteiger partial charge in [0.25, 0.3) is 0 Å². The van der Waals surface area contributed by atoms with Crippen molar-refractivity contribution >= 4 is 73.2 Å². The third-order valence-electron chi connectivity index (χ3n) is 13.1. The summed E-state index contributed by atoms with van der Waals surface area (Å²) in [6.45, 7) is 0. The molecule has 0 fully saturated rings. The van der Waals surface area contributed by atoms with E-state index in [1.165, 1.54) is 22.3 Å². The summed E-state index contributed by atoms with van der Waals surface area (Å²) in [5, 5.41) is 4.54. The summed E-state index contributed by atoms with van der Waals surface area (Å²) in [5.74, 6) is 0. The lowest BCUT2D eigenvalue weighted by atomic mass is 9.98. The van der Waals surface area contributed by atoms with E-state index in [9.17, 15) is 9.59 Å². The smallest absolute Gasteiger partial charge is 0.150 e. The maximum Gasteiger partial charge on any atom is 0.150 e. The molecule has 5 heteroatoms. The summed E-state index contributed by atoms with van der Waals surface area (Å²) >= 11 is 0. The number of nitrogens with zero attached hydrogens (tertiary/aromatic N) is 3. The molecule has 0 spiro atoms. The van der Waals surface area contributed by atoms with Crippen molar-refractivity contribution < 1.29 is 9.59 Å². The summed E-state index contributed by atoms with van der Waals surface area (Å²) in [4.78, 5) is 25.5. The zero-order chi connectivity index (χ0) is 44.8. The van der Waals surface area contributed by atoms with Gasteiger partial charge in [-0.25, -0.2) is 0 Å². The molecule has 2 heterocycles. The van der Waals surface area contributed by atoms with Crippen LogP contribution in [0.3, 0.4) is 0 Å². The summed E-state index contributed by atoms with van der Waals surface area (Å²) in [5.41, 5.74) is 17.8. The molecule has 5 nitrogen and oxygen atoms in total. The molecule has 2 aromatic heterocycles. The first kappa shape index (κ1) is 39.5. The fraction of sp³-hybridized carbons (Fsp3) is 0. The van der Waals surface area contributed by atoms with Crippen LogP contribution in [0.5, 0.6) is 0 Å². The third-order valence-corrected chi connectivity index (χ3v) is 13.1. The molecule has 67 heavy (non-hydrogen) atoms. The fourth-order valence-corrected chi connectivity index (χ4v) is 9.75. The van der Waals surface area contributed by atoms with E-state index < -0.39 is 0 Å². The predicted octanol–water partition coefficient (Wildman–Crippen LogP) is 16.0. The minimum Gasteiger partial charge on any atom is -0.310 e. The number of carbonyl (C=O) groups is 2. The number of carbonyl (C=O) groups excluding carboxylic acids is 2. The molecule has 0 unspecified atom stereocenters. The summed E-state index contributed by atoms with van der Waals surface area (Å²) in [6, 6.07) is 82.9. The highest BCUT2D eigenvalue weighted by Gasteiger charge is 2.20. The summed E-state index contributed by atoms with van der Waals surface area (Å²) < 4.78 is 4.55. The van der Waals surface area contributed by atoms with Crippen LogP contribution in [0.15, 0.2) is 237 Å². The van der Waals surface area contributed by atoms with Gasteiger partial charge >= 0.3 is 0 Å². The second-order valence-corrected chi connectivity index (χ2v) is 16.9. The molecule has 0 aliphatic rings. The quantitative estimate of drug-likeness (QED) is 0.129. The van der Waals surface area contributed by atoms with Crippen molar-refractivity contribution in [3.8, 4) is 44.8 Å². The van der Waals surface area contributed by atoms with E-state index in [1.54, 1.807) is 0 Å². The Kier molecular flexibility index (Phi) is 9.73. The number of rotatable bonds is 10. The molecule has 0 saturated heterocycles. The van der Waals surface area contributed by atoms with Gasteiger partial charge in [-0.05, 0) is 143 Å². The number of fused-ring (bicyclic) bond motifs is 6. The molecule has 0 aliphatic heterocycles. The molecule has 0 atom stereocenters. The van der Waals surface area contributed by atoms with Crippen LogP contribution >= 0.6 is 0 Å². The summed E-state index contributed by atoms with van der Waals surface area (Å²) in [7, 11) is 0. The number of anilines is 3. The third kappa shape index (κ3) is 6.98. The van der Waals surface area contributed by atoms with Crippen LogP contribution in [0, 0.1) is 0 Å². The Hall–Kier alpha value is -9.06. The van der Waals surface area contributed by atoms with E-state index in [2.05, 4.69) is 196 Å². The van der Waals surface area contributed by atoms with E-state index in [4.69, 9.17) is 0 Å². The van der Waals surface area contributed by atoms with Gasteiger partial charge in [0, 0.05) is 61.1 Å². The van der Waals surface area contributed by atoms with Crippen LogP contribution in [0.2, 0.25) is 0 Å². The largest absolute Gasteiger partial charge is 0.310 e. The van der Waals surface area contributed by atoms with E-state index in [-0.39, 0.29) is 0 Å². The number of para-hydroxylation sites is 2. The van der Waals surface area contributed by atoms with Crippen molar-refractivity contribution in [2.45, 2.75) is 0 Å². The van der Waals surface area contributed by atoms with Gasteiger partial charge in [-0.3, -0.25) is 9.59 Å². The Morgan fingerprint density at radius 2 is 0.612 bits per heavy atom. The summed E-state index contributed by atoms with van der Waals surface area (Å²) in [6.07, 6.45) is 1.76. The van der Waals surface area contributed by atoms with Crippen molar-refractivity contribution in [3.05, 3.63) is 248 Å². The van der Waals surface area contributed by atoms with Gasteiger partial charge in [0.1, 0.15) is 12.6 Å². The molecule has 0 amide bonds. The van der Waals surface area contributed by atoms with Gasteiger partial charge in [-0.1, -0.05) is 127 Å². The van der Waals surface area contributed by atoms with Crippen LogP contribution in [-0.4, -0.2) is 21.7 Å². The Labute approximate surface area is 387 Å². The highest BCUT2D eigenvalue weighted by atomic mass is 16.1. The van der Waals surface area contributed by atoms with Crippen molar-refractivity contribution in [1.82, 2.24) is 9.13 Å². The standard InChI is InChI=1S/C62H41N3O2/c66-40-42-14-28-51(29-15-42)64-59-12-6-4-10-55(59)57-38-53(34-36-61(57)64)63(54-35-37-62-58(39-54)56-11-5-7-13-60(56)65(62)52-30-16-43(41-67)17-31-52)50-32-26-49(27-33-50)48-24-22-47(23-25-48)46-20-18-45(19-21-46)44-8-2-1-3-9-44/h1-41H. The van der Waals surface area contributed by atoms with Gasteiger partial charge in [0.05, 0.1) is 22.1 Å². The minimum atomic E-state index is 0.645. The molecular weight excluding hydrogens is 819 g/mol. The van der Waals surface area contributed by atoms with Gasteiger partial charge < -0.3 is 14.0 Å². The zero-order valence-corrected chi connectivity index (χ0v) is 36.3. The first-order valence-electron chi connectivity index (χ1n) is 22.5. The molecule has 12 aromatic rings. The number of hydrogen-bond donors (Lipinski definition) is 0. The molecular formula is C62H41N3O2. The van der Waals surface area contributed by atoms with Gasteiger partial charge in [0.15, 0.2) is 0 Å². The van der Waals surface area contributed by atoms with Gasteiger partial charge in [0.2, 0.25) is 0 Å². The average Bonchev–Trinajstić information content (AvgIpc) is 3.92. The molecule has 0 radical (unpaired) electrons. The van der Waals surface area contributed by atoms with Crippen molar-refractivity contribution in [2.75, 3.05) is 4.90 Å². The highest BCUT2D eigenvalue weighted by molar-refractivity contribution is 6.12. The lowest BCUT2D eigenvalue weighted by molar-refractivity contribution is 0.111. The molecule has 0 bridgehead atoms. The Bertz CT molecular complexity index is 3620. The monoisotopic (exact) mass is 859 g/mol. The lowest BCUT2D eigenvalue weighted by Crippen LogP contribution is -2.10. The van der Waals surface area contributed by atoms with Crippen LogP contribution in [0.25, 0.3) is 88.4 Å². The Balaban J connectivity index is 0.969. The Morgan fingerprint density at radius 1 is 0.284 bits per heavy atom. The normalized spacial score (nSPS) is 11.4. The van der Waals surface area contributed by atoms with Gasteiger partial charge in [-0.2, -0.15) is 0 Å². The minimum absolute atomic E-state index is 0.645. The molecule has 0 N–H and O–H groups in total. The number of aldehydes is 2. The molecule has 10 aromatic carbocycles. The maximum atomic E-state index is 11.6. The fourth-order valence-electron chi connectivity index (χ4n) is 9.75. The van der Waals surface area contributed by atoms with Crippen molar-refractivity contribution in [2.24, 2.45) is 0 Å². The van der Waals surface area contributed by atoms with E-state index in [0.29, 0.717) is 11.1 Å². The van der Waals surface area contributed by atoms with Crippen LogP contribution in [0.1, 0.15) is 20.7 Å². The van der Waals surface area contributed by atoms with Crippen molar-refractivity contribution in [3.63, 3.8) is 0 Å². The molecule has 316 valence electrons. The average molecular weight is 860 g/mol. The zero-order valence-electron chi connectivity index (χ0n) is 36.3. The van der Waals surface area contributed by atoms with Gasteiger partial charge in [-0.15, -0.1) is 0 Å². The first-order valence-corrected chi connectivity index (χ1v) is 22.5. The molecule has 12 rings (SSSR count). The van der Waals surface area contributed by atoms with Crippen LogP contribution < -0.4 is 4.90 Å². The second kappa shape index (κ2) is 16.5. The second-order valence-electron chi connectivity index (χ2n) is 16.9. The van der Waals surface area contributed by atoms with Crippen LogP contribution in [0.4, 0.5) is 17.1 Å². The number of aromatic nitrogens is 2. The maximum absolute atomic E-state index is 11.6. The van der Waals surface area contributed by atoms with Crippen LogP contribution in [-0.2, 0) is 0 Å². The van der Waals surface area contributed by atoms with Crippen molar-refractivity contribution in [1.29, 1.82) is 0 Å². The molecule has 0 saturated carbocycles. The van der Waals surface area contributed by atoms with E-state index in [1.807, 2.05) is 54.6 Å². The highest BCUT2D eigenvalue weighted by Crippen LogP contribution is 2.43. The number of benzene rings is 10. The predicted molar refractivity (Wildman–Crippen MR) is 277 cm³/mol. The molecule has 0 aliphatic carbocycles.